The Morgan fingerprint density at radius 2 is 1.97 bits per heavy atom. The van der Waals surface area contributed by atoms with Crippen molar-refractivity contribution in [3.63, 3.8) is 0 Å². The van der Waals surface area contributed by atoms with Gasteiger partial charge in [0.05, 0.1) is 0 Å². The van der Waals surface area contributed by atoms with Crippen molar-refractivity contribution in [2.24, 2.45) is 34.5 Å². The van der Waals surface area contributed by atoms with Gasteiger partial charge in [0, 0.05) is 24.5 Å². The van der Waals surface area contributed by atoms with E-state index < -0.39 is 27.4 Å². The highest BCUT2D eigenvalue weighted by molar-refractivity contribution is 6.67. The van der Waals surface area contributed by atoms with Crippen LogP contribution in [-0.4, -0.2) is 57.7 Å². The Hall–Kier alpha value is -1.58. The van der Waals surface area contributed by atoms with Crippen molar-refractivity contribution in [1.29, 1.82) is 0 Å². The first kappa shape index (κ1) is 26.3. The molecule has 2 N–H and O–H groups in total. The predicted molar refractivity (Wildman–Crippen MR) is 137 cm³/mol. The number of rotatable bonds is 4. The van der Waals surface area contributed by atoms with Crippen LogP contribution >= 0.6 is 34.8 Å². The summed E-state index contributed by atoms with van der Waals surface area (Å²) in [6.07, 6.45) is -0.657. The van der Waals surface area contributed by atoms with Gasteiger partial charge in [-0.05, 0) is 96.3 Å². The number of benzene rings is 1. The van der Waals surface area contributed by atoms with E-state index in [1.54, 1.807) is 17.0 Å². The van der Waals surface area contributed by atoms with Crippen LogP contribution < -0.4 is 5.32 Å². The minimum Gasteiger partial charge on any atom is -0.508 e. The van der Waals surface area contributed by atoms with Gasteiger partial charge in [0.2, 0.25) is 3.79 Å². The fourth-order valence-corrected chi connectivity index (χ4v) is 10.5. The molecule has 39 heavy (non-hydrogen) atoms. The Labute approximate surface area is 238 Å². The average Bonchev–Trinajstić information content (AvgIpc) is 3.46. The highest BCUT2D eigenvalue weighted by Gasteiger charge is 2.87. The van der Waals surface area contributed by atoms with Crippen molar-refractivity contribution in [2.75, 3.05) is 19.7 Å². The minimum atomic E-state index is -4.97. The number of ether oxygens (including phenoxy) is 1. The lowest BCUT2D eigenvalue weighted by molar-refractivity contribution is -0.185. The first-order valence-corrected chi connectivity index (χ1v) is 14.5. The molecule has 212 valence electrons. The Bertz CT molecular complexity index is 1270. The van der Waals surface area contributed by atoms with Crippen molar-refractivity contribution in [2.45, 2.75) is 60.0 Å². The van der Waals surface area contributed by atoms with E-state index in [-0.39, 0.29) is 47.6 Å². The molecule has 2 amide bonds. The topological polar surface area (TPSA) is 78.9 Å². The maximum absolute atomic E-state index is 13.3. The second-order valence-electron chi connectivity index (χ2n) is 12.7. The largest absolute Gasteiger partial charge is 0.508 e. The number of aromatic hydroxyl groups is 1. The summed E-state index contributed by atoms with van der Waals surface area (Å²) in [5.41, 5.74) is 1.30. The summed E-state index contributed by atoms with van der Waals surface area (Å²) in [5.74, 6) is -0.700. The minimum absolute atomic E-state index is 0.0273. The van der Waals surface area contributed by atoms with Crippen molar-refractivity contribution < 1.29 is 32.6 Å². The molecule has 1 aromatic carbocycles. The van der Waals surface area contributed by atoms with E-state index in [9.17, 15) is 27.9 Å². The SMILES string of the molecule is O=C(OCC(Cl)(Cl)Cl)N1C[C@H]2CC34CC25CC1C5C3(CCNC(=O)C(F)(F)F)c1cc(O)ccc1C[C@H]1CC14. The van der Waals surface area contributed by atoms with Crippen molar-refractivity contribution >= 4 is 46.8 Å². The van der Waals surface area contributed by atoms with Gasteiger partial charge in [-0.3, -0.25) is 4.79 Å². The molecule has 6 unspecified atom stereocenters. The average molecular weight is 608 g/mol. The molecular weight excluding hydrogens is 580 g/mol. The lowest BCUT2D eigenvalue weighted by Gasteiger charge is -2.70. The third-order valence-electron chi connectivity index (χ3n) is 11.2. The number of hydrogen-bond acceptors (Lipinski definition) is 4. The van der Waals surface area contributed by atoms with Gasteiger partial charge in [-0.1, -0.05) is 40.9 Å². The summed E-state index contributed by atoms with van der Waals surface area (Å²) in [6, 6.07) is 5.22. The monoisotopic (exact) mass is 606 g/mol. The van der Waals surface area contributed by atoms with Gasteiger partial charge in [-0.25, -0.2) is 4.79 Å². The van der Waals surface area contributed by atoms with E-state index in [2.05, 4.69) is 5.32 Å². The summed E-state index contributed by atoms with van der Waals surface area (Å²) >= 11 is 17.5. The number of halogens is 6. The lowest BCUT2D eigenvalue weighted by Crippen LogP contribution is -2.74. The second-order valence-corrected chi connectivity index (χ2v) is 15.2. The van der Waals surface area contributed by atoms with Crippen LogP contribution in [-0.2, 0) is 21.4 Å². The van der Waals surface area contributed by atoms with Crippen LogP contribution in [0.1, 0.15) is 43.2 Å². The van der Waals surface area contributed by atoms with Crippen LogP contribution in [0.2, 0.25) is 0 Å². The molecule has 3 bridgehead atoms. The molecule has 0 radical (unpaired) electrons. The molecule has 2 spiro atoms. The van der Waals surface area contributed by atoms with E-state index in [1.807, 2.05) is 6.07 Å². The highest BCUT2D eigenvalue weighted by atomic mass is 35.6. The molecular formula is C27H28Cl3F3N2O4. The van der Waals surface area contributed by atoms with Crippen molar-refractivity contribution in [3.05, 3.63) is 29.3 Å². The fraction of sp³-hybridized carbons (Fsp3) is 0.704. The summed E-state index contributed by atoms with van der Waals surface area (Å²) in [7, 11) is 0. The maximum atomic E-state index is 13.3. The lowest BCUT2D eigenvalue weighted by atomic mass is 9.39. The zero-order chi connectivity index (χ0) is 27.8. The molecule has 2 saturated heterocycles. The van der Waals surface area contributed by atoms with Gasteiger partial charge in [-0.2, -0.15) is 13.2 Å². The van der Waals surface area contributed by atoms with E-state index in [0.717, 1.165) is 43.2 Å². The van der Waals surface area contributed by atoms with E-state index >= 15 is 0 Å². The molecule has 4 saturated carbocycles. The van der Waals surface area contributed by atoms with E-state index in [4.69, 9.17) is 39.5 Å². The third kappa shape index (κ3) is 3.48. The molecule has 8 rings (SSSR count). The quantitative estimate of drug-likeness (QED) is 0.444. The number of alkyl halides is 6. The number of carbonyl (C=O) groups is 2. The summed E-state index contributed by atoms with van der Waals surface area (Å²) in [5, 5.41) is 12.8. The summed E-state index contributed by atoms with van der Waals surface area (Å²) < 4.78 is 42.9. The molecule has 6 fully saturated rings. The van der Waals surface area contributed by atoms with Gasteiger partial charge in [-0.15, -0.1) is 0 Å². The van der Waals surface area contributed by atoms with Gasteiger partial charge < -0.3 is 20.1 Å². The summed E-state index contributed by atoms with van der Waals surface area (Å²) in [6.45, 7) is 0.0141. The van der Waals surface area contributed by atoms with Crippen LogP contribution in [0.5, 0.6) is 5.75 Å². The molecule has 0 aromatic heterocycles. The zero-order valence-corrected chi connectivity index (χ0v) is 23.1. The number of piperidine rings is 2. The van der Waals surface area contributed by atoms with Crippen LogP contribution in [0, 0.1) is 34.5 Å². The van der Waals surface area contributed by atoms with Crippen LogP contribution in [0.3, 0.4) is 0 Å². The standard InChI is InChI=1S/C27H28Cl3F3N2O4/c28-26(29,30)12-39-22(38)35-10-15-8-24-11-23(15)9-19(35)20(23)25(24,3-4-34-21(37)27(31,32)33)18-7-16(36)2-1-13(18)5-14-6-17(14)24/h1-2,7,14-15,17,19-20,36H,3-6,8-12H2,(H,34,37)/t14-,15+,17?,19?,20?,23?,24?,25?/m0/s1. The third-order valence-corrected chi connectivity index (χ3v) is 11.6. The smallest absolute Gasteiger partial charge is 0.471 e. The normalized spacial score (nSPS) is 40.6. The number of phenolic OH excluding ortho intramolecular Hbond substituents is 1. The van der Waals surface area contributed by atoms with Gasteiger partial charge in [0.15, 0.2) is 0 Å². The molecule has 12 heteroatoms. The van der Waals surface area contributed by atoms with Crippen LogP contribution in [0.4, 0.5) is 18.0 Å². The number of phenols is 1. The van der Waals surface area contributed by atoms with Crippen LogP contribution in [0.15, 0.2) is 18.2 Å². The molecule has 2 aliphatic heterocycles. The van der Waals surface area contributed by atoms with Crippen molar-refractivity contribution in [3.8, 4) is 5.75 Å². The predicted octanol–water partition coefficient (Wildman–Crippen LogP) is 5.50. The Balaban J connectivity index is 1.31. The Morgan fingerprint density at radius 1 is 1.21 bits per heavy atom. The fourth-order valence-electron chi connectivity index (χ4n) is 10.4. The van der Waals surface area contributed by atoms with E-state index in [1.165, 1.54) is 0 Å². The first-order valence-electron chi connectivity index (χ1n) is 13.4. The number of fused-ring (bicyclic) bond motifs is 4. The highest BCUT2D eigenvalue weighted by Crippen LogP contribution is 2.89. The number of nitrogens with zero attached hydrogens (tertiary/aromatic N) is 1. The number of nitrogens with one attached hydrogen (secondary N) is 1. The molecule has 1 aromatic rings. The molecule has 5 aliphatic carbocycles. The molecule has 2 heterocycles. The molecule has 6 nitrogen and oxygen atoms in total. The van der Waals surface area contributed by atoms with Gasteiger partial charge in [0.25, 0.3) is 0 Å². The maximum Gasteiger partial charge on any atom is 0.471 e. The number of hydrogen-bond donors (Lipinski definition) is 2. The molecule has 8 atom stereocenters. The Kier molecular flexibility index (Phi) is 5.42. The van der Waals surface area contributed by atoms with Gasteiger partial charge >= 0.3 is 18.2 Å². The van der Waals surface area contributed by atoms with Gasteiger partial charge in [0.1, 0.15) is 12.4 Å². The summed E-state index contributed by atoms with van der Waals surface area (Å²) in [4.78, 5) is 26.8. The Morgan fingerprint density at radius 3 is 2.69 bits per heavy atom. The van der Waals surface area contributed by atoms with Crippen LogP contribution in [0.25, 0.3) is 0 Å². The second kappa shape index (κ2) is 8.03. The number of amides is 2. The molecule has 7 aliphatic rings. The van der Waals surface area contributed by atoms with E-state index in [0.29, 0.717) is 24.8 Å². The zero-order valence-electron chi connectivity index (χ0n) is 20.9. The van der Waals surface area contributed by atoms with Crippen molar-refractivity contribution in [1.82, 2.24) is 10.2 Å². The number of carbonyl (C=O) groups excluding carboxylic acids is 2. The first-order chi connectivity index (χ1) is 18.2.